The summed E-state index contributed by atoms with van der Waals surface area (Å²) in [5.74, 6) is 2.81. The standard InChI is InChI=1S/C20H31N5O/c1-21-19-16-9-11-24(2)13-17(16)22-18(23-19)15-8-5-10-25(12-15)20(26)14-6-3-4-7-14/h14-15H,3-13H2,1-2H3,(H,21,22,23). The molecule has 6 nitrogen and oxygen atoms in total. The molecule has 1 aromatic heterocycles. The topological polar surface area (TPSA) is 61.4 Å². The van der Waals surface area contributed by atoms with Crippen LogP contribution in [-0.4, -0.2) is 59.4 Å². The normalized spacial score (nSPS) is 24.5. The van der Waals surface area contributed by atoms with Gasteiger partial charge in [0.15, 0.2) is 0 Å². The third kappa shape index (κ3) is 3.43. The average molecular weight is 358 g/mol. The number of nitrogens with one attached hydrogen (secondary N) is 1. The Labute approximate surface area is 156 Å². The predicted molar refractivity (Wildman–Crippen MR) is 102 cm³/mol. The van der Waals surface area contributed by atoms with Gasteiger partial charge in [-0.05, 0) is 39.2 Å². The summed E-state index contributed by atoms with van der Waals surface area (Å²) in [5.41, 5.74) is 2.43. The van der Waals surface area contributed by atoms with Gasteiger partial charge in [-0.25, -0.2) is 9.97 Å². The highest BCUT2D eigenvalue weighted by molar-refractivity contribution is 5.79. The quantitative estimate of drug-likeness (QED) is 0.900. The van der Waals surface area contributed by atoms with Gasteiger partial charge in [0, 0.05) is 50.6 Å². The van der Waals surface area contributed by atoms with Crippen LogP contribution >= 0.6 is 0 Å². The number of hydrogen-bond donors (Lipinski definition) is 1. The summed E-state index contributed by atoms with van der Waals surface area (Å²) in [7, 11) is 4.09. The minimum absolute atomic E-state index is 0.263. The molecule has 1 aliphatic carbocycles. The van der Waals surface area contributed by atoms with Gasteiger partial charge < -0.3 is 15.1 Å². The maximum Gasteiger partial charge on any atom is 0.225 e. The average Bonchev–Trinajstić information content (AvgIpc) is 3.21. The molecule has 1 unspecified atom stereocenters. The molecule has 3 heterocycles. The van der Waals surface area contributed by atoms with Crippen molar-refractivity contribution >= 4 is 11.7 Å². The third-order valence-electron chi connectivity index (χ3n) is 6.31. The number of carbonyl (C=O) groups is 1. The van der Waals surface area contributed by atoms with Crippen LogP contribution in [0.5, 0.6) is 0 Å². The Morgan fingerprint density at radius 1 is 1.12 bits per heavy atom. The summed E-state index contributed by atoms with van der Waals surface area (Å²) in [6.45, 7) is 3.62. The molecule has 0 aromatic carbocycles. The summed E-state index contributed by atoms with van der Waals surface area (Å²) < 4.78 is 0. The third-order valence-corrected chi connectivity index (χ3v) is 6.31. The van der Waals surface area contributed by atoms with Crippen LogP contribution in [0, 0.1) is 5.92 Å². The summed E-state index contributed by atoms with van der Waals surface area (Å²) in [6, 6.07) is 0. The summed E-state index contributed by atoms with van der Waals surface area (Å²) in [6.07, 6.45) is 7.70. The number of likely N-dealkylation sites (tertiary alicyclic amines) is 1. The molecule has 0 radical (unpaired) electrons. The van der Waals surface area contributed by atoms with Crippen molar-refractivity contribution in [3.05, 3.63) is 17.1 Å². The van der Waals surface area contributed by atoms with Gasteiger partial charge in [0.2, 0.25) is 5.91 Å². The second kappa shape index (κ2) is 7.51. The van der Waals surface area contributed by atoms with E-state index in [1.807, 2.05) is 7.05 Å². The number of piperidine rings is 1. The Kier molecular flexibility index (Phi) is 5.11. The fourth-order valence-corrected chi connectivity index (χ4v) is 4.79. The van der Waals surface area contributed by atoms with Crippen LogP contribution in [0.1, 0.15) is 61.5 Å². The van der Waals surface area contributed by atoms with Crippen molar-refractivity contribution in [2.75, 3.05) is 39.0 Å². The number of nitrogens with zero attached hydrogens (tertiary/aromatic N) is 4. The lowest BCUT2D eigenvalue weighted by atomic mass is 9.94. The number of fused-ring (bicyclic) bond motifs is 1. The van der Waals surface area contributed by atoms with Gasteiger partial charge in [0.05, 0.1) is 5.69 Å². The van der Waals surface area contributed by atoms with Gasteiger partial charge in [0.25, 0.3) is 0 Å². The zero-order chi connectivity index (χ0) is 18.1. The summed E-state index contributed by atoms with van der Waals surface area (Å²) >= 11 is 0. The molecule has 1 N–H and O–H groups in total. The van der Waals surface area contributed by atoms with E-state index in [2.05, 4.69) is 22.2 Å². The molecule has 0 spiro atoms. The van der Waals surface area contributed by atoms with Gasteiger partial charge in [-0.1, -0.05) is 12.8 Å². The fourth-order valence-electron chi connectivity index (χ4n) is 4.79. The molecule has 1 saturated carbocycles. The Morgan fingerprint density at radius 2 is 1.92 bits per heavy atom. The second-order valence-electron chi connectivity index (χ2n) is 8.20. The first-order chi connectivity index (χ1) is 12.7. The zero-order valence-corrected chi connectivity index (χ0v) is 16.1. The van der Waals surface area contributed by atoms with Gasteiger partial charge in [-0.2, -0.15) is 0 Å². The molecule has 1 atom stereocenters. The lowest BCUT2D eigenvalue weighted by Crippen LogP contribution is -2.42. The van der Waals surface area contributed by atoms with Crippen LogP contribution in [0.3, 0.4) is 0 Å². The molecule has 1 amide bonds. The van der Waals surface area contributed by atoms with Crippen molar-refractivity contribution in [2.45, 2.75) is 57.4 Å². The molecule has 1 saturated heterocycles. The molecule has 3 aliphatic rings. The van der Waals surface area contributed by atoms with E-state index in [0.29, 0.717) is 5.91 Å². The molecule has 4 rings (SSSR count). The lowest BCUT2D eigenvalue weighted by Gasteiger charge is -2.34. The minimum atomic E-state index is 0.263. The monoisotopic (exact) mass is 357 g/mol. The van der Waals surface area contributed by atoms with E-state index in [1.54, 1.807) is 0 Å². The van der Waals surface area contributed by atoms with E-state index in [1.165, 1.54) is 18.4 Å². The maximum atomic E-state index is 12.8. The first kappa shape index (κ1) is 17.7. The van der Waals surface area contributed by atoms with Crippen molar-refractivity contribution in [3.8, 4) is 0 Å². The Morgan fingerprint density at radius 3 is 2.69 bits per heavy atom. The van der Waals surface area contributed by atoms with Crippen molar-refractivity contribution in [1.82, 2.24) is 19.8 Å². The van der Waals surface area contributed by atoms with E-state index in [4.69, 9.17) is 9.97 Å². The molecular formula is C20H31N5O. The SMILES string of the molecule is CNc1nc(C2CCCN(C(=O)C3CCCC3)C2)nc2c1CCN(C)C2. The number of rotatable bonds is 3. The number of amides is 1. The Bertz CT molecular complexity index is 670. The number of aromatic nitrogens is 2. The van der Waals surface area contributed by atoms with E-state index in [9.17, 15) is 4.79 Å². The van der Waals surface area contributed by atoms with E-state index in [0.717, 1.165) is 75.6 Å². The van der Waals surface area contributed by atoms with Gasteiger partial charge in [-0.3, -0.25) is 4.79 Å². The molecular weight excluding hydrogens is 326 g/mol. The van der Waals surface area contributed by atoms with Crippen LogP contribution in [0.4, 0.5) is 5.82 Å². The van der Waals surface area contributed by atoms with Crippen LogP contribution in [0.2, 0.25) is 0 Å². The number of anilines is 1. The van der Waals surface area contributed by atoms with Crippen molar-refractivity contribution < 1.29 is 4.79 Å². The molecule has 6 heteroatoms. The summed E-state index contributed by atoms with van der Waals surface area (Å²) in [4.78, 5) is 27.1. The molecule has 26 heavy (non-hydrogen) atoms. The number of carbonyl (C=O) groups excluding carboxylic acids is 1. The molecule has 0 bridgehead atoms. The van der Waals surface area contributed by atoms with Crippen molar-refractivity contribution in [3.63, 3.8) is 0 Å². The highest BCUT2D eigenvalue weighted by Crippen LogP contribution is 2.32. The van der Waals surface area contributed by atoms with Crippen LogP contribution in [0.25, 0.3) is 0 Å². The van der Waals surface area contributed by atoms with Gasteiger partial charge in [-0.15, -0.1) is 0 Å². The molecule has 2 aliphatic heterocycles. The largest absolute Gasteiger partial charge is 0.373 e. The number of hydrogen-bond acceptors (Lipinski definition) is 5. The lowest BCUT2D eigenvalue weighted by molar-refractivity contribution is -0.136. The molecule has 1 aromatic rings. The summed E-state index contributed by atoms with van der Waals surface area (Å²) in [5, 5.41) is 3.28. The molecule has 2 fully saturated rings. The fraction of sp³-hybridized carbons (Fsp3) is 0.750. The highest BCUT2D eigenvalue weighted by Gasteiger charge is 2.32. The maximum absolute atomic E-state index is 12.8. The van der Waals surface area contributed by atoms with Crippen LogP contribution in [0.15, 0.2) is 0 Å². The molecule has 142 valence electrons. The first-order valence-corrected chi connectivity index (χ1v) is 10.2. The first-order valence-electron chi connectivity index (χ1n) is 10.2. The van der Waals surface area contributed by atoms with E-state index < -0.39 is 0 Å². The van der Waals surface area contributed by atoms with E-state index in [-0.39, 0.29) is 11.8 Å². The van der Waals surface area contributed by atoms with Crippen molar-refractivity contribution in [1.29, 1.82) is 0 Å². The van der Waals surface area contributed by atoms with Crippen LogP contribution in [-0.2, 0) is 17.8 Å². The Balaban J connectivity index is 1.54. The van der Waals surface area contributed by atoms with Gasteiger partial charge in [0.1, 0.15) is 11.6 Å². The van der Waals surface area contributed by atoms with E-state index >= 15 is 0 Å². The zero-order valence-electron chi connectivity index (χ0n) is 16.1. The minimum Gasteiger partial charge on any atom is -0.373 e. The van der Waals surface area contributed by atoms with Crippen molar-refractivity contribution in [2.24, 2.45) is 5.92 Å². The smallest absolute Gasteiger partial charge is 0.225 e. The van der Waals surface area contributed by atoms with Crippen LogP contribution < -0.4 is 5.32 Å². The van der Waals surface area contributed by atoms with Gasteiger partial charge >= 0.3 is 0 Å². The highest BCUT2D eigenvalue weighted by atomic mass is 16.2. The second-order valence-corrected chi connectivity index (χ2v) is 8.20. The number of likely N-dealkylation sites (N-methyl/N-ethyl adjacent to an activating group) is 1. The Hall–Kier alpha value is -1.69. The predicted octanol–water partition coefficient (Wildman–Crippen LogP) is 2.40.